The molecule has 5 nitrogen and oxygen atoms in total. The van der Waals surface area contributed by atoms with E-state index in [1.54, 1.807) is 24.3 Å². The molecule has 0 aromatic heterocycles. The van der Waals surface area contributed by atoms with E-state index < -0.39 is 30.3 Å². The molecule has 24 heavy (non-hydrogen) atoms. The summed E-state index contributed by atoms with van der Waals surface area (Å²) in [5.41, 5.74) is 1.04. The zero-order valence-electron chi connectivity index (χ0n) is 12.5. The lowest BCUT2D eigenvalue weighted by Gasteiger charge is -2.18. The Labute approximate surface area is 143 Å². The van der Waals surface area contributed by atoms with E-state index in [4.69, 9.17) is 21.4 Å². The average molecular weight is 352 g/mol. The van der Waals surface area contributed by atoms with Crippen molar-refractivity contribution in [3.8, 4) is 0 Å². The fraction of sp³-hybridized carbons (Fsp3) is 0.176. The number of halogens is 2. The number of carboxylic acids is 1. The summed E-state index contributed by atoms with van der Waals surface area (Å²) in [6.07, 6.45) is -1.23. The third-order valence-electron chi connectivity index (χ3n) is 3.17. The number of hydrogen-bond acceptors (Lipinski definition) is 3. The second-order valence-corrected chi connectivity index (χ2v) is 5.50. The smallest absolute Gasteiger partial charge is 0.407 e. The minimum Gasteiger partial charge on any atom is -0.481 e. The molecule has 126 valence electrons. The van der Waals surface area contributed by atoms with Gasteiger partial charge in [0.1, 0.15) is 12.4 Å². The molecule has 0 heterocycles. The number of nitrogens with one attached hydrogen (secondary N) is 1. The number of ether oxygens (including phenoxy) is 1. The molecule has 2 N–H and O–H groups in total. The van der Waals surface area contributed by atoms with Crippen molar-refractivity contribution in [3.63, 3.8) is 0 Å². The fourth-order valence-corrected chi connectivity index (χ4v) is 2.34. The largest absolute Gasteiger partial charge is 0.481 e. The van der Waals surface area contributed by atoms with Crippen molar-refractivity contribution in [3.05, 3.63) is 70.5 Å². The van der Waals surface area contributed by atoms with Gasteiger partial charge in [-0.1, -0.05) is 41.9 Å². The van der Waals surface area contributed by atoms with Crippen LogP contribution in [0.2, 0.25) is 5.02 Å². The van der Waals surface area contributed by atoms with E-state index >= 15 is 0 Å². The molecule has 0 aliphatic heterocycles. The lowest BCUT2D eigenvalue weighted by atomic mass is 10.0. The maximum atomic E-state index is 13.5. The number of rotatable bonds is 6. The van der Waals surface area contributed by atoms with E-state index in [-0.39, 0.29) is 17.2 Å². The Morgan fingerprint density at radius 1 is 1.21 bits per heavy atom. The van der Waals surface area contributed by atoms with Gasteiger partial charge < -0.3 is 15.2 Å². The summed E-state index contributed by atoms with van der Waals surface area (Å²) < 4.78 is 18.5. The van der Waals surface area contributed by atoms with Crippen molar-refractivity contribution in [2.75, 3.05) is 0 Å². The first-order chi connectivity index (χ1) is 11.4. The van der Waals surface area contributed by atoms with Crippen LogP contribution in [0.5, 0.6) is 0 Å². The summed E-state index contributed by atoms with van der Waals surface area (Å²) in [4.78, 5) is 22.9. The van der Waals surface area contributed by atoms with E-state index in [2.05, 4.69) is 5.32 Å². The molecule has 2 aromatic rings. The number of carboxylic acid groups (broad SMARTS) is 1. The molecule has 0 fully saturated rings. The van der Waals surface area contributed by atoms with E-state index in [0.717, 1.165) is 17.7 Å². The summed E-state index contributed by atoms with van der Waals surface area (Å²) in [6, 6.07) is 11.7. The zero-order valence-corrected chi connectivity index (χ0v) is 13.3. The van der Waals surface area contributed by atoms with Gasteiger partial charge in [0.15, 0.2) is 0 Å². The van der Waals surface area contributed by atoms with Crippen molar-refractivity contribution >= 4 is 23.7 Å². The predicted octanol–water partition coefficient (Wildman–Crippen LogP) is 3.92. The van der Waals surface area contributed by atoms with Crippen LogP contribution in [0.4, 0.5) is 9.18 Å². The minimum atomic E-state index is -1.15. The molecule has 1 atom stereocenters. The highest BCUT2D eigenvalue weighted by Gasteiger charge is 2.20. The van der Waals surface area contributed by atoms with Crippen LogP contribution in [-0.4, -0.2) is 17.2 Å². The molecule has 0 bridgehead atoms. The third-order valence-corrected chi connectivity index (χ3v) is 3.39. The van der Waals surface area contributed by atoms with E-state index in [9.17, 15) is 14.0 Å². The number of benzene rings is 2. The number of carbonyl (C=O) groups excluding carboxylic acids is 1. The topological polar surface area (TPSA) is 75.6 Å². The first kappa shape index (κ1) is 17.7. The second kappa shape index (κ2) is 8.31. The molecule has 2 rings (SSSR count). The molecule has 0 radical (unpaired) electrons. The van der Waals surface area contributed by atoms with E-state index in [1.165, 1.54) is 6.07 Å². The summed E-state index contributed by atoms with van der Waals surface area (Å²) >= 11 is 5.78. The Kier molecular flexibility index (Phi) is 6.14. The van der Waals surface area contributed by atoms with Gasteiger partial charge in [-0.2, -0.15) is 0 Å². The van der Waals surface area contributed by atoms with Crippen LogP contribution in [0, 0.1) is 5.82 Å². The van der Waals surface area contributed by atoms with Crippen LogP contribution in [0.15, 0.2) is 48.5 Å². The van der Waals surface area contributed by atoms with E-state index in [0.29, 0.717) is 0 Å². The fourth-order valence-electron chi connectivity index (χ4n) is 2.11. The first-order valence-electron chi connectivity index (χ1n) is 7.09. The number of amides is 1. The van der Waals surface area contributed by atoms with Crippen molar-refractivity contribution in [1.29, 1.82) is 0 Å². The SMILES string of the molecule is O=C(O)C[C@H](NC(=O)OCc1ccccc1)c1cc(F)cc(Cl)c1. The molecule has 2 aromatic carbocycles. The number of aliphatic carboxylic acids is 1. The monoisotopic (exact) mass is 351 g/mol. The molecular weight excluding hydrogens is 337 g/mol. The average Bonchev–Trinajstić information content (AvgIpc) is 2.52. The van der Waals surface area contributed by atoms with Crippen molar-refractivity contribution in [2.45, 2.75) is 19.1 Å². The van der Waals surface area contributed by atoms with Crippen LogP contribution in [0.25, 0.3) is 0 Å². The molecular formula is C17H15ClFNO4. The highest BCUT2D eigenvalue weighted by molar-refractivity contribution is 6.30. The molecule has 0 aliphatic carbocycles. The molecule has 0 saturated carbocycles. The van der Waals surface area contributed by atoms with Gasteiger partial charge in [0.25, 0.3) is 0 Å². The Bertz CT molecular complexity index is 704. The zero-order chi connectivity index (χ0) is 17.5. The van der Waals surface area contributed by atoms with Gasteiger partial charge >= 0.3 is 12.1 Å². The van der Waals surface area contributed by atoms with Gasteiger partial charge in [-0.3, -0.25) is 4.79 Å². The summed E-state index contributed by atoms with van der Waals surface area (Å²) in [6.45, 7) is 0.0381. The van der Waals surface area contributed by atoms with Crippen LogP contribution >= 0.6 is 11.6 Å². The maximum Gasteiger partial charge on any atom is 0.407 e. The van der Waals surface area contributed by atoms with Crippen LogP contribution in [-0.2, 0) is 16.1 Å². The number of alkyl carbamates (subject to hydrolysis) is 1. The van der Waals surface area contributed by atoms with Crippen molar-refractivity contribution < 1.29 is 23.8 Å². The Morgan fingerprint density at radius 2 is 1.92 bits per heavy atom. The Hall–Kier alpha value is -2.60. The highest BCUT2D eigenvalue weighted by atomic mass is 35.5. The second-order valence-electron chi connectivity index (χ2n) is 5.06. The molecule has 0 saturated heterocycles. The molecule has 0 aliphatic rings. The lowest BCUT2D eigenvalue weighted by Crippen LogP contribution is -2.30. The standard InChI is InChI=1S/C17H15ClFNO4/c18-13-6-12(7-14(19)8-13)15(9-16(21)22)20-17(23)24-10-11-4-2-1-3-5-11/h1-8,15H,9-10H2,(H,20,23)(H,21,22)/t15-/m0/s1. The highest BCUT2D eigenvalue weighted by Crippen LogP contribution is 2.22. The quantitative estimate of drug-likeness (QED) is 0.827. The van der Waals surface area contributed by atoms with Crippen LogP contribution < -0.4 is 5.32 Å². The van der Waals surface area contributed by atoms with Crippen LogP contribution in [0.3, 0.4) is 0 Å². The Morgan fingerprint density at radius 3 is 2.54 bits per heavy atom. The summed E-state index contributed by atoms with van der Waals surface area (Å²) in [5.74, 6) is -1.77. The maximum absolute atomic E-state index is 13.5. The van der Waals surface area contributed by atoms with Gasteiger partial charge in [-0.25, -0.2) is 9.18 Å². The van der Waals surface area contributed by atoms with E-state index in [1.807, 2.05) is 6.07 Å². The first-order valence-corrected chi connectivity index (χ1v) is 7.47. The molecule has 0 spiro atoms. The van der Waals surface area contributed by atoms with Gasteiger partial charge in [0, 0.05) is 5.02 Å². The van der Waals surface area contributed by atoms with Gasteiger partial charge in [-0.15, -0.1) is 0 Å². The summed E-state index contributed by atoms with van der Waals surface area (Å²) in [5, 5.41) is 11.5. The number of carbonyl (C=O) groups is 2. The summed E-state index contributed by atoms with van der Waals surface area (Å²) in [7, 11) is 0. The third kappa shape index (κ3) is 5.55. The van der Waals surface area contributed by atoms with Crippen molar-refractivity contribution in [2.24, 2.45) is 0 Å². The van der Waals surface area contributed by atoms with Crippen LogP contribution in [0.1, 0.15) is 23.6 Å². The van der Waals surface area contributed by atoms with Gasteiger partial charge in [-0.05, 0) is 29.3 Å². The van der Waals surface area contributed by atoms with Gasteiger partial charge in [0.05, 0.1) is 12.5 Å². The van der Waals surface area contributed by atoms with Gasteiger partial charge in [0.2, 0.25) is 0 Å². The Balaban J connectivity index is 2.05. The minimum absolute atomic E-state index is 0.0381. The number of hydrogen-bond donors (Lipinski definition) is 2. The molecule has 0 unspecified atom stereocenters. The molecule has 1 amide bonds. The normalized spacial score (nSPS) is 11.6. The van der Waals surface area contributed by atoms with Crippen molar-refractivity contribution in [1.82, 2.24) is 5.32 Å². The lowest BCUT2D eigenvalue weighted by molar-refractivity contribution is -0.137. The predicted molar refractivity (Wildman–Crippen MR) is 86.2 cm³/mol. The molecule has 7 heteroatoms.